The summed E-state index contributed by atoms with van der Waals surface area (Å²) in [6, 6.07) is 6.11. The number of nitrogens with zero attached hydrogens (tertiary/aromatic N) is 5. The molecule has 1 spiro atoms. The third-order valence-corrected chi connectivity index (χ3v) is 15.5. The summed E-state index contributed by atoms with van der Waals surface area (Å²) in [5, 5.41) is 22.7. The first kappa shape index (κ1) is 38.2. The highest BCUT2D eigenvalue weighted by Crippen LogP contribution is 2.56. The summed E-state index contributed by atoms with van der Waals surface area (Å²) in [5.74, 6) is 1.59. The van der Waals surface area contributed by atoms with Gasteiger partial charge in [0.15, 0.2) is 5.82 Å². The van der Waals surface area contributed by atoms with Crippen LogP contribution in [0.25, 0.3) is 32.9 Å². The SMILES string of the molecule is C#Cc1c(F)ccc2cc(O)cc(-c3nc(OC)c4c(N5CCC[C@@](C)(O)C5)nc(OC[C@]56CCC[C@H]5N(C5CC7(CCS(=O)(=O)CC7)C5)CCC6)nc4c3F)c12. The number of hydrogen-bond acceptors (Lipinski definition) is 11. The van der Waals surface area contributed by atoms with Gasteiger partial charge >= 0.3 is 6.01 Å². The zero-order chi connectivity index (χ0) is 39.9. The van der Waals surface area contributed by atoms with Gasteiger partial charge in [-0.1, -0.05) is 18.4 Å². The first-order chi connectivity index (χ1) is 27.2. The third kappa shape index (κ3) is 6.63. The molecule has 0 radical (unpaired) electrons. The normalized spacial score (nSPS) is 27.3. The van der Waals surface area contributed by atoms with Gasteiger partial charge in [-0.2, -0.15) is 9.97 Å². The summed E-state index contributed by atoms with van der Waals surface area (Å²) in [7, 11) is -1.51. The minimum absolute atomic E-state index is 0.00882. The molecule has 5 fully saturated rings. The molecule has 5 heterocycles. The van der Waals surface area contributed by atoms with Gasteiger partial charge < -0.3 is 24.6 Å². The van der Waals surface area contributed by atoms with Crippen LogP contribution in [0.3, 0.4) is 0 Å². The Kier molecular flexibility index (Phi) is 9.33. The van der Waals surface area contributed by atoms with E-state index in [1.807, 2.05) is 4.90 Å². The van der Waals surface area contributed by atoms with E-state index in [1.54, 1.807) is 6.92 Å². The Balaban J connectivity index is 1.10. The number of likely N-dealkylation sites (tertiary alicyclic amines) is 1. The van der Waals surface area contributed by atoms with E-state index in [-0.39, 0.29) is 68.1 Å². The Labute approximate surface area is 331 Å². The molecule has 2 saturated carbocycles. The van der Waals surface area contributed by atoms with Crippen molar-refractivity contribution >= 4 is 37.3 Å². The summed E-state index contributed by atoms with van der Waals surface area (Å²) in [4.78, 5) is 18.8. The number of piperidine rings is 2. The fraction of sp³-hybridized carbons (Fsp3) is 0.558. The number of fused-ring (bicyclic) bond motifs is 3. The molecular formula is C43H49F2N5O6S. The van der Waals surface area contributed by atoms with E-state index in [9.17, 15) is 18.6 Å². The summed E-state index contributed by atoms with van der Waals surface area (Å²) in [6.07, 6.45) is 15.7. The number of aromatic hydroxyl groups is 1. The zero-order valence-corrected chi connectivity index (χ0v) is 33.3. The van der Waals surface area contributed by atoms with Crippen molar-refractivity contribution < 1.29 is 36.9 Å². The van der Waals surface area contributed by atoms with Crippen LogP contribution in [0.5, 0.6) is 17.6 Å². The summed E-state index contributed by atoms with van der Waals surface area (Å²) >= 11 is 0. The van der Waals surface area contributed by atoms with Crippen LogP contribution < -0.4 is 14.4 Å². The highest BCUT2D eigenvalue weighted by molar-refractivity contribution is 7.91. The Hall–Kier alpha value is -4.32. The lowest BCUT2D eigenvalue weighted by Crippen LogP contribution is -2.61. The Morgan fingerprint density at radius 3 is 2.49 bits per heavy atom. The van der Waals surface area contributed by atoms with E-state index in [0.717, 1.165) is 64.3 Å². The minimum Gasteiger partial charge on any atom is -0.508 e. The number of halogens is 2. The molecule has 4 aromatic rings. The number of ether oxygens (including phenoxy) is 2. The lowest BCUT2D eigenvalue weighted by atomic mass is 9.60. The molecule has 2 aliphatic carbocycles. The molecule has 2 aromatic carbocycles. The number of methoxy groups -OCH3 is 1. The Morgan fingerprint density at radius 1 is 1.00 bits per heavy atom. The molecule has 302 valence electrons. The minimum atomic E-state index is -2.92. The standard InChI is InChI=1S/C43H49F2N5O6S/c1-4-29-31(44)10-9-26-20-28(51)21-30(33(26)29)36-35(45)37-34(39(46-36)55-3)38(49-16-6-11-41(2,52)24-49)48-40(47-37)56-25-43-12-5-8-32(43)50(17-7-13-43)27-22-42(23-27)14-18-57(53,54)19-15-42/h1,9-10,20-21,27,32,51-52H,5-8,11-19,22-25H2,2-3H3/t32-,41-,43-/m1/s1. The van der Waals surface area contributed by atoms with E-state index >= 15 is 8.78 Å². The van der Waals surface area contributed by atoms with Crippen LogP contribution in [0.2, 0.25) is 0 Å². The van der Waals surface area contributed by atoms with Crippen molar-refractivity contribution in [2.45, 2.75) is 95.2 Å². The predicted molar refractivity (Wildman–Crippen MR) is 213 cm³/mol. The average Bonchev–Trinajstić information content (AvgIpc) is 3.61. The number of terminal acetylenes is 1. The van der Waals surface area contributed by atoms with E-state index in [4.69, 9.17) is 25.9 Å². The maximum absolute atomic E-state index is 17.3. The van der Waals surface area contributed by atoms with Crippen LogP contribution in [-0.2, 0) is 9.84 Å². The van der Waals surface area contributed by atoms with Gasteiger partial charge in [-0.15, -0.1) is 6.42 Å². The first-order valence-corrected chi connectivity index (χ1v) is 22.0. The van der Waals surface area contributed by atoms with Gasteiger partial charge in [0.1, 0.15) is 43.8 Å². The summed E-state index contributed by atoms with van der Waals surface area (Å²) < 4.78 is 69.2. The Morgan fingerprint density at radius 2 is 1.75 bits per heavy atom. The monoisotopic (exact) mass is 801 g/mol. The van der Waals surface area contributed by atoms with Crippen molar-refractivity contribution in [3.63, 3.8) is 0 Å². The summed E-state index contributed by atoms with van der Waals surface area (Å²) in [5.41, 5.74) is -1.44. The molecule has 14 heteroatoms. The van der Waals surface area contributed by atoms with Gasteiger partial charge in [0.2, 0.25) is 5.88 Å². The maximum Gasteiger partial charge on any atom is 0.319 e. The number of rotatable bonds is 7. The molecule has 3 atom stereocenters. The quantitative estimate of drug-likeness (QED) is 0.197. The van der Waals surface area contributed by atoms with Crippen LogP contribution in [-0.4, -0.2) is 101 Å². The van der Waals surface area contributed by atoms with Crippen molar-refractivity contribution in [1.29, 1.82) is 0 Å². The second-order valence-electron chi connectivity index (χ2n) is 17.6. The third-order valence-electron chi connectivity index (χ3n) is 13.9. The number of hydrogen-bond donors (Lipinski definition) is 2. The number of pyridine rings is 1. The lowest BCUT2D eigenvalue weighted by Gasteiger charge is -2.58. The number of phenolic OH excluding ortho intramolecular Hbond substituents is 1. The number of benzene rings is 2. The van der Waals surface area contributed by atoms with Crippen molar-refractivity contribution in [3.05, 3.63) is 41.5 Å². The van der Waals surface area contributed by atoms with E-state index in [0.29, 0.717) is 60.8 Å². The zero-order valence-electron chi connectivity index (χ0n) is 32.5. The van der Waals surface area contributed by atoms with Gasteiger partial charge in [0.25, 0.3) is 0 Å². The highest BCUT2D eigenvalue weighted by atomic mass is 32.2. The molecule has 5 aliphatic rings. The lowest BCUT2D eigenvalue weighted by molar-refractivity contribution is -0.0833. The van der Waals surface area contributed by atoms with Gasteiger partial charge in [0.05, 0.1) is 36.4 Å². The fourth-order valence-electron chi connectivity index (χ4n) is 11.0. The number of aliphatic hydroxyl groups is 1. The molecule has 57 heavy (non-hydrogen) atoms. The Bertz CT molecular complexity index is 2420. The molecule has 0 bridgehead atoms. The van der Waals surface area contributed by atoms with Gasteiger partial charge in [-0.05, 0) is 107 Å². The first-order valence-electron chi connectivity index (χ1n) is 20.2. The predicted octanol–water partition coefficient (Wildman–Crippen LogP) is 6.54. The largest absolute Gasteiger partial charge is 0.508 e. The second kappa shape index (κ2) is 13.9. The number of aromatic nitrogens is 3. The van der Waals surface area contributed by atoms with Crippen LogP contribution in [0.1, 0.15) is 83.1 Å². The second-order valence-corrected chi connectivity index (χ2v) is 19.9. The topological polar surface area (TPSA) is 138 Å². The molecule has 11 nitrogen and oxygen atoms in total. The van der Waals surface area contributed by atoms with Gasteiger partial charge in [0, 0.05) is 41.5 Å². The highest BCUT2D eigenvalue weighted by Gasteiger charge is 2.55. The van der Waals surface area contributed by atoms with E-state index in [1.165, 1.54) is 31.4 Å². The number of phenols is 1. The fourth-order valence-corrected chi connectivity index (χ4v) is 12.7. The average molecular weight is 802 g/mol. The molecule has 0 amide bonds. The van der Waals surface area contributed by atoms with E-state index < -0.39 is 27.1 Å². The van der Waals surface area contributed by atoms with Crippen LogP contribution in [0.4, 0.5) is 14.6 Å². The smallest absolute Gasteiger partial charge is 0.319 e. The van der Waals surface area contributed by atoms with Crippen molar-refractivity contribution in [2.75, 3.05) is 49.8 Å². The van der Waals surface area contributed by atoms with Crippen LogP contribution in [0, 0.1) is 34.8 Å². The van der Waals surface area contributed by atoms with Crippen molar-refractivity contribution in [1.82, 2.24) is 19.9 Å². The van der Waals surface area contributed by atoms with Crippen LogP contribution in [0.15, 0.2) is 24.3 Å². The molecule has 2 aromatic heterocycles. The summed E-state index contributed by atoms with van der Waals surface area (Å²) in [6.45, 7) is 3.87. The molecule has 2 N–H and O–H groups in total. The molecule has 3 saturated heterocycles. The maximum atomic E-state index is 17.3. The van der Waals surface area contributed by atoms with E-state index in [2.05, 4.69) is 15.8 Å². The number of anilines is 1. The van der Waals surface area contributed by atoms with Gasteiger partial charge in [-0.3, -0.25) is 4.90 Å². The van der Waals surface area contributed by atoms with Crippen LogP contribution >= 0.6 is 0 Å². The number of sulfone groups is 1. The van der Waals surface area contributed by atoms with Crippen molar-refractivity contribution in [3.8, 4) is 41.2 Å². The molecule has 3 aliphatic heterocycles. The molecule has 9 rings (SSSR count). The molecule has 0 unspecified atom stereocenters. The number of β-amino-alcohol motifs (C(OH)–C–C–N with tert-alkyl or cyclic N) is 1. The van der Waals surface area contributed by atoms with Gasteiger partial charge in [-0.25, -0.2) is 22.2 Å². The van der Waals surface area contributed by atoms with Crippen molar-refractivity contribution in [2.24, 2.45) is 10.8 Å². The molecular weight excluding hydrogens is 753 g/mol.